The van der Waals surface area contributed by atoms with Gasteiger partial charge in [0.1, 0.15) is 5.82 Å². The summed E-state index contributed by atoms with van der Waals surface area (Å²) >= 11 is 0. The molecule has 136 valence electrons. The number of hydrogen-bond acceptors (Lipinski definition) is 7. The van der Waals surface area contributed by atoms with Crippen LogP contribution in [-0.4, -0.2) is 54.5 Å². The Bertz CT molecular complexity index is 860. The predicted octanol–water partition coefficient (Wildman–Crippen LogP) is 1.24. The molecule has 1 aliphatic heterocycles. The molecular weight excluding hydrogens is 332 g/mol. The van der Waals surface area contributed by atoms with Gasteiger partial charge < -0.3 is 18.8 Å². The smallest absolute Gasteiger partial charge is 0.257 e. The normalized spacial score (nSPS) is 17.5. The second-order valence-electron chi connectivity index (χ2n) is 6.44. The van der Waals surface area contributed by atoms with Crippen LogP contribution in [0.2, 0.25) is 0 Å². The highest BCUT2D eigenvalue weighted by atomic mass is 16.5. The number of piperidine rings is 1. The maximum absolute atomic E-state index is 5.37. The summed E-state index contributed by atoms with van der Waals surface area (Å²) in [6, 6.07) is 0. The van der Waals surface area contributed by atoms with E-state index in [0.717, 1.165) is 43.4 Å². The van der Waals surface area contributed by atoms with E-state index in [2.05, 4.69) is 34.6 Å². The molecule has 9 nitrogen and oxygen atoms in total. The van der Waals surface area contributed by atoms with Crippen molar-refractivity contribution in [2.24, 2.45) is 7.05 Å². The lowest BCUT2D eigenvalue weighted by Gasteiger charge is -2.33. The fourth-order valence-electron chi connectivity index (χ4n) is 3.47. The van der Waals surface area contributed by atoms with Crippen LogP contribution in [0.15, 0.2) is 31.1 Å². The van der Waals surface area contributed by atoms with Crippen molar-refractivity contribution in [3.8, 4) is 5.88 Å². The lowest BCUT2D eigenvalue weighted by atomic mass is 9.97. The van der Waals surface area contributed by atoms with E-state index in [1.807, 2.05) is 17.8 Å². The minimum atomic E-state index is 0.296. The maximum atomic E-state index is 5.37. The number of aromatic nitrogens is 7. The fourth-order valence-corrected chi connectivity index (χ4v) is 3.47. The highest BCUT2D eigenvalue weighted by molar-refractivity contribution is 5.48. The molecule has 9 heteroatoms. The average molecular weight is 354 g/mol. The highest BCUT2D eigenvalue weighted by Gasteiger charge is 2.28. The average Bonchev–Trinajstić information content (AvgIpc) is 3.32. The van der Waals surface area contributed by atoms with Crippen LogP contribution in [0.5, 0.6) is 5.88 Å². The third-order valence-electron chi connectivity index (χ3n) is 4.81. The number of hydrogen-bond donors (Lipinski definition) is 0. The van der Waals surface area contributed by atoms with Crippen molar-refractivity contribution in [3.63, 3.8) is 0 Å². The molecule has 0 bridgehead atoms. The van der Waals surface area contributed by atoms with Crippen molar-refractivity contribution >= 4 is 5.82 Å². The summed E-state index contributed by atoms with van der Waals surface area (Å²) in [5.74, 6) is 3.58. The molecule has 4 heterocycles. The van der Waals surface area contributed by atoms with E-state index < -0.39 is 0 Å². The molecule has 1 fully saturated rings. The van der Waals surface area contributed by atoms with E-state index in [0.29, 0.717) is 18.3 Å². The van der Waals surface area contributed by atoms with Crippen LogP contribution in [0.3, 0.4) is 0 Å². The first-order chi connectivity index (χ1) is 12.8. The molecule has 1 saturated heterocycles. The van der Waals surface area contributed by atoms with Gasteiger partial charge in [-0.25, -0.2) is 15.0 Å². The first-order valence-corrected chi connectivity index (χ1v) is 8.70. The number of ether oxygens (including phenoxy) is 1. The fraction of sp³-hybridized carbons (Fsp3) is 0.471. The number of anilines is 1. The predicted molar refractivity (Wildman–Crippen MR) is 95.1 cm³/mol. The van der Waals surface area contributed by atoms with E-state index in [4.69, 9.17) is 4.74 Å². The minimum absolute atomic E-state index is 0.296. The monoisotopic (exact) mass is 354 g/mol. The summed E-state index contributed by atoms with van der Waals surface area (Å²) in [5, 5.41) is 8.87. The van der Waals surface area contributed by atoms with Crippen LogP contribution < -0.4 is 9.64 Å². The molecule has 4 rings (SSSR count). The van der Waals surface area contributed by atoms with Crippen molar-refractivity contribution in [1.29, 1.82) is 0 Å². The molecule has 0 amide bonds. The Hall–Kier alpha value is -2.97. The summed E-state index contributed by atoms with van der Waals surface area (Å²) in [4.78, 5) is 15.0. The van der Waals surface area contributed by atoms with Crippen LogP contribution in [0.4, 0.5) is 5.82 Å². The largest absolute Gasteiger partial charge is 0.478 e. The van der Waals surface area contributed by atoms with E-state index in [-0.39, 0.29) is 0 Å². The van der Waals surface area contributed by atoms with Gasteiger partial charge >= 0.3 is 0 Å². The summed E-state index contributed by atoms with van der Waals surface area (Å²) in [6.45, 7) is 2.43. The van der Waals surface area contributed by atoms with Crippen molar-refractivity contribution in [2.45, 2.75) is 25.3 Å². The molecule has 3 aromatic rings. The number of rotatable bonds is 5. The number of methoxy groups -OCH3 is 1. The Morgan fingerprint density at radius 1 is 1.19 bits per heavy atom. The first kappa shape index (κ1) is 16.5. The van der Waals surface area contributed by atoms with Crippen LogP contribution in [0, 0.1) is 0 Å². The zero-order valence-electron chi connectivity index (χ0n) is 15.0. The Labute approximate surface area is 151 Å². The molecular formula is C17H22N8O. The quantitative estimate of drug-likeness (QED) is 0.681. The Balaban J connectivity index is 1.54. The second-order valence-corrected chi connectivity index (χ2v) is 6.44. The van der Waals surface area contributed by atoms with Crippen molar-refractivity contribution in [3.05, 3.63) is 42.8 Å². The zero-order valence-corrected chi connectivity index (χ0v) is 15.0. The van der Waals surface area contributed by atoms with Crippen molar-refractivity contribution < 1.29 is 4.74 Å². The lowest BCUT2D eigenvalue weighted by molar-refractivity contribution is 0.390. The van der Waals surface area contributed by atoms with Gasteiger partial charge in [0.05, 0.1) is 20.0 Å². The topological polar surface area (TPSA) is 86.8 Å². The molecule has 1 unspecified atom stereocenters. The van der Waals surface area contributed by atoms with E-state index in [9.17, 15) is 0 Å². The zero-order chi connectivity index (χ0) is 17.9. The molecule has 0 aromatic carbocycles. The first-order valence-electron chi connectivity index (χ1n) is 8.70. The van der Waals surface area contributed by atoms with Gasteiger partial charge in [0.25, 0.3) is 5.88 Å². The Morgan fingerprint density at radius 3 is 2.88 bits per heavy atom. The van der Waals surface area contributed by atoms with Crippen LogP contribution in [-0.2, 0) is 13.6 Å². The van der Waals surface area contributed by atoms with Crippen LogP contribution >= 0.6 is 0 Å². The van der Waals surface area contributed by atoms with Crippen LogP contribution in [0.25, 0.3) is 0 Å². The van der Waals surface area contributed by atoms with Gasteiger partial charge in [-0.3, -0.25) is 0 Å². The van der Waals surface area contributed by atoms with E-state index in [1.165, 1.54) is 0 Å². The summed E-state index contributed by atoms with van der Waals surface area (Å²) in [5.41, 5.74) is 0. The summed E-state index contributed by atoms with van der Waals surface area (Å²) in [7, 11) is 3.66. The van der Waals surface area contributed by atoms with Gasteiger partial charge in [0.2, 0.25) is 0 Å². The highest BCUT2D eigenvalue weighted by Crippen LogP contribution is 2.31. The SMILES string of the molecule is COc1nccnc1N1CCCC(c2nnc(Cn3ccnc3)n2C)C1. The standard InChI is InChI=1S/C17H22N8O/c1-23-14(11-24-9-7-18-12-24)21-22-15(23)13-4-3-8-25(10-13)16-17(26-2)20-6-5-19-16/h5-7,9,12-13H,3-4,8,10-11H2,1-2H3. The Kier molecular flexibility index (Phi) is 4.51. The lowest BCUT2D eigenvalue weighted by Crippen LogP contribution is -2.36. The number of imidazole rings is 1. The molecule has 1 atom stereocenters. The molecule has 0 N–H and O–H groups in total. The van der Waals surface area contributed by atoms with Gasteiger partial charge in [-0.2, -0.15) is 0 Å². The minimum Gasteiger partial charge on any atom is -0.478 e. The third kappa shape index (κ3) is 3.12. The van der Waals surface area contributed by atoms with Gasteiger partial charge in [-0.15, -0.1) is 10.2 Å². The molecule has 26 heavy (non-hydrogen) atoms. The van der Waals surface area contributed by atoms with Gasteiger partial charge in [0.15, 0.2) is 11.6 Å². The van der Waals surface area contributed by atoms with Gasteiger partial charge in [-0.05, 0) is 12.8 Å². The van der Waals surface area contributed by atoms with Gasteiger partial charge in [-0.1, -0.05) is 0 Å². The van der Waals surface area contributed by atoms with E-state index in [1.54, 1.807) is 32.0 Å². The summed E-state index contributed by atoms with van der Waals surface area (Å²) < 4.78 is 9.46. The third-order valence-corrected chi connectivity index (χ3v) is 4.81. The Morgan fingerprint density at radius 2 is 2.08 bits per heavy atom. The molecule has 0 radical (unpaired) electrons. The molecule has 1 aliphatic rings. The van der Waals surface area contributed by atoms with Crippen molar-refractivity contribution in [2.75, 3.05) is 25.1 Å². The molecule has 3 aromatic heterocycles. The molecule has 0 spiro atoms. The molecule has 0 aliphatic carbocycles. The van der Waals surface area contributed by atoms with Gasteiger partial charge in [0, 0.05) is 50.8 Å². The number of nitrogens with zero attached hydrogens (tertiary/aromatic N) is 8. The van der Waals surface area contributed by atoms with E-state index >= 15 is 0 Å². The maximum Gasteiger partial charge on any atom is 0.257 e. The second kappa shape index (κ2) is 7.11. The summed E-state index contributed by atoms with van der Waals surface area (Å²) in [6.07, 6.45) is 11.0. The van der Waals surface area contributed by atoms with Crippen molar-refractivity contribution in [1.82, 2.24) is 34.3 Å². The van der Waals surface area contributed by atoms with Crippen LogP contribution in [0.1, 0.15) is 30.4 Å². The molecule has 0 saturated carbocycles.